The third-order valence-electron chi connectivity index (χ3n) is 3.37. The number of rotatable bonds is 3. The van der Waals surface area contributed by atoms with Crippen LogP contribution in [0.1, 0.15) is 25.7 Å². The van der Waals surface area contributed by atoms with Gasteiger partial charge in [-0.2, -0.15) is 0 Å². The number of hydrogen-bond acceptors (Lipinski definition) is 4. The van der Waals surface area contributed by atoms with E-state index in [1.54, 1.807) is 0 Å². The molecule has 1 saturated carbocycles. The number of nitro groups is 1. The summed E-state index contributed by atoms with van der Waals surface area (Å²) in [5.74, 6) is -0.950. The van der Waals surface area contributed by atoms with Gasteiger partial charge in [0.05, 0.1) is 10.6 Å². The molecule has 21 heavy (non-hydrogen) atoms. The molecule has 0 bridgehead atoms. The molecule has 112 valence electrons. The van der Waals surface area contributed by atoms with Crippen molar-refractivity contribution in [2.45, 2.75) is 25.7 Å². The molecule has 1 aliphatic rings. The Morgan fingerprint density at radius 2 is 2.05 bits per heavy atom. The van der Waals surface area contributed by atoms with Gasteiger partial charge >= 0.3 is 0 Å². The minimum Gasteiger partial charge on any atom is -0.330 e. The van der Waals surface area contributed by atoms with Gasteiger partial charge in [0.2, 0.25) is 5.91 Å². The maximum atomic E-state index is 13.6. The fraction of sp³-hybridized carbons (Fsp3) is 0.385. The molecule has 0 radical (unpaired) electrons. The second-order valence-electron chi connectivity index (χ2n) is 4.85. The van der Waals surface area contributed by atoms with E-state index >= 15 is 0 Å². The summed E-state index contributed by atoms with van der Waals surface area (Å²) in [7, 11) is 0. The molecular weight excluding hydrogens is 297 g/mol. The zero-order valence-corrected chi connectivity index (χ0v) is 11.9. The number of non-ortho nitro benzene ring substituents is 1. The standard InChI is InChI=1S/C13H14FN3O3S/c14-10-6-5-9(17(19)20)7-11(10)15-13(21)16-12(18)8-3-1-2-4-8/h5-8H,1-4H2,(H2,15,16,18,21). The lowest BCUT2D eigenvalue weighted by Gasteiger charge is -2.13. The number of nitro benzene ring substituents is 1. The van der Waals surface area contributed by atoms with Crippen molar-refractivity contribution >= 4 is 34.6 Å². The van der Waals surface area contributed by atoms with E-state index in [4.69, 9.17) is 12.2 Å². The van der Waals surface area contributed by atoms with Crippen LogP contribution in [0.4, 0.5) is 15.8 Å². The average Bonchev–Trinajstić information content (AvgIpc) is 2.95. The first-order chi connectivity index (χ1) is 9.97. The summed E-state index contributed by atoms with van der Waals surface area (Å²) in [5.41, 5.74) is -0.398. The molecule has 0 spiro atoms. The summed E-state index contributed by atoms with van der Waals surface area (Å²) < 4.78 is 13.6. The summed E-state index contributed by atoms with van der Waals surface area (Å²) in [6.07, 6.45) is 3.66. The number of carbonyl (C=O) groups excluding carboxylic acids is 1. The summed E-state index contributed by atoms with van der Waals surface area (Å²) >= 11 is 4.94. The quantitative estimate of drug-likeness (QED) is 0.509. The Balaban J connectivity index is 2.00. The lowest BCUT2D eigenvalue weighted by atomic mass is 10.1. The van der Waals surface area contributed by atoms with Gasteiger partial charge in [-0.15, -0.1) is 0 Å². The Morgan fingerprint density at radius 3 is 2.67 bits per heavy atom. The molecule has 2 N–H and O–H groups in total. The van der Waals surface area contributed by atoms with Crippen LogP contribution in [0.2, 0.25) is 0 Å². The molecule has 0 atom stereocenters. The molecule has 1 amide bonds. The molecule has 6 nitrogen and oxygen atoms in total. The van der Waals surface area contributed by atoms with Crippen molar-refractivity contribution in [3.8, 4) is 0 Å². The van der Waals surface area contributed by atoms with E-state index in [1.807, 2.05) is 0 Å². The van der Waals surface area contributed by atoms with E-state index in [9.17, 15) is 19.3 Å². The van der Waals surface area contributed by atoms with Crippen molar-refractivity contribution in [1.82, 2.24) is 5.32 Å². The number of thiocarbonyl (C=S) groups is 1. The maximum absolute atomic E-state index is 13.6. The number of anilines is 1. The van der Waals surface area contributed by atoms with Crippen molar-refractivity contribution in [2.24, 2.45) is 5.92 Å². The van der Waals surface area contributed by atoms with E-state index < -0.39 is 10.7 Å². The Bertz CT molecular complexity index is 588. The number of carbonyl (C=O) groups is 1. The highest BCUT2D eigenvalue weighted by Crippen LogP contribution is 2.25. The van der Waals surface area contributed by atoms with Crippen LogP contribution in [0.15, 0.2) is 18.2 Å². The number of benzene rings is 1. The van der Waals surface area contributed by atoms with Gasteiger partial charge in [-0.05, 0) is 31.1 Å². The normalized spacial score (nSPS) is 14.7. The van der Waals surface area contributed by atoms with Gasteiger partial charge < -0.3 is 10.6 Å². The van der Waals surface area contributed by atoms with Crippen molar-refractivity contribution in [2.75, 3.05) is 5.32 Å². The third kappa shape index (κ3) is 3.94. The second-order valence-corrected chi connectivity index (χ2v) is 5.25. The molecule has 0 unspecified atom stereocenters. The average molecular weight is 311 g/mol. The van der Waals surface area contributed by atoms with Gasteiger partial charge in [-0.3, -0.25) is 14.9 Å². The number of halogens is 1. The number of nitrogens with one attached hydrogen (secondary N) is 2. The first kappa shape index (κ1) is 15.3. The van der Waals surface area contributed by atoms with Crippen molar-refractivity contribution in [1.29, 1.82) is 0 Å². The van der Waals surface area contributed by atoms with E-state index in [0.717, 1.165) is 43.9 Å². The van der Waals surface area contributed by atoms with Crippen molar-refractivity contribution in [3.63, 3.8) is 0 Å². The molecule has 1 aliphatic carbocycles. The second kappa shape index (κ2) is 6.57. The van der Waals surface area contributed by atoms with Crippen LogP contribution < -0.4 is 10.6 Å². The number of hydrogen-bond donors (Lipinski definition) is 2. The zero-order chi connectivity index (χ0) is 15.4. The van der Waals surface area contributed by atoms with Crippen LogP contribution in [0.25, 0.3) is 0 Å². The highest BCUT2D eigenvalue weighted by atomic mass is 32.1. The Labute approximate surface area is 125 Å². The molecule has 8 heteroatoms. The molecule has 0 aliphatic heterocycles. The Hall–Kier alpha value is -2.09. The van der Waals surface area contributed by atoms with Gasteiger partial charge in [-0.25, -0.2) is 4.39 Å². The van der Waals surface area contributed by atoms with Crippen LogP contribution in [-0.2, 0) is 4.79 Å². The SMILES string of the molecule is O=C(NC(=S)Nc1cc([N+](=O)[O-])ccc1F)C1CCCC1. The van der Waals surface area contributed by atoms with Gasteiger partial charge in [0, 0.05) is 18.1 Å². The summed E-state index contributed by atoms with van der Waals surface area (Å²) in [5, 5.41) is 15.6. The monoisotopic (exact) mass is 311 g/mol. The first-order valence-corrected chi connectivity index (χ1v) is 6.94. The molecule has 1 fully saturated rings. The molecule has 0 saturated heterocycles. The molecular formula is C13H14FN3O3S. The van der Waals surface area contributed by atoms with Gasteiger partial charge in [0.25, 0.3) is 5.69 Å². The molecule has 0 aromatic heterocycles. The van der Waals surface area contributed by atoms with Gasteiger partial charge in [0.1, 0.15) is 5.82 Å². The Kier molecular flexibility index (Phi) is 4.79. The predicted octanol–water partition coefficient (Wildman–Crippen LogP) is 2.74. The third-order valence-corrected chi connectivity index (χ3v) is 3.58. The van der Waals surface area contributed by atoms with Crippen LogP contribution in [0.3, 0.4) is 0 Å². The highest BCUT2D eigenvalue weighted by molar-refractivity contribution is 7.80. The van der Waals surface area contributed by atoms with Crippen LogP contribution >= 0.6 is 12.2 Å². The lowest BCUT2D eigenvalue weighted by Crippen LogP contribution is -2.37. The van der Waals surface area contributed by atoms with Crippen molar-refractivity contribution < 1.29 is 14.1 Å². The fourth-order valence-electron chi connectivity index (χ4n) is 2.28. The van der Waals surface area contributed by atoms with Gasteiger partial charge in [0.15, 0.2) is 5.11 Å². The zero-order valence-electron chi connectivity index (χ0n) is 11.1. The molecule has 2 rings (SSSR count). The van der Waals surface area contributed by atoms with E-state index in [1.165, 1.54) is 0 Å². The van der Waals surface area contributed by atoms with Crippen LogP contribution in [0, 0.1) is 21.8 Å². The fourth-order valence-corrected chi connectivity index (χ4v) is 2.49. The highest BCUT2D eigenvalue weighted by Gasteiger charge is 2.23. The first-order valence-electron chi connectivity index (χ1n) is 6.53. The molecule has 0 heterocycles. The van der Waals surface area contributed by atoms with E-state index in [-0.39, 0.29) is 28.3 Å². The largest absolute Gasteiger partial charge is 0.330 e. The van der Waals surface area contributed by atoms with E-state index in [0.29, 0.717) is 0 Å². The van der Waals surface area contributed by atoms with Gasteiger partial charge in [-0.1, -0.05) is 12.8 Å². The molecule has 1 aromatic rings. The van der Waals surface area contributed by atoms with Crippen LogP contribution in [0.5, 0.6) is 0 Å². The van der Waals surface area contributed by atoms with E-state index in [2.05, 4.69) is 10.6 Å². The number of nitrogens with zero attached hydrogens (tertiary/aromatic N) is 1. The lowest BCUT2D eigenvalue weighted by molar-refractivity contribution is -0.384. The van der Waals surface area contributed by atoms with Crippen molar-refractivity contribution in [3.05, 3.63) is 34.1 Å². The summed E-state index contributed by atoms with van der Waals surface area (Å²) in [6.45, 7) is 0. The minimum atomic E-state index is -0.682. The summed E-state index contributed by atoms with van der Waals surface area (Å²) in [4.78, 5) is 21.9. The predicted molar refractivity (Wildman–Crippen MR) is 79.4 cm³/mol. The minimum absolute atomic E-state index is 0.0636. The maximum Gasteiger partial charge on any atom is 0.271 e. The Morgan fingerprint density at radius 1 is 1.38 bits per heavy atom. The smallest absolute Gasteiger partial charge is 0.271 e. The number of amides is 1. The topological polar surface area (TPSA) is 84.3 Å². The van der Waals surface area contributed by atoms with Crippen LogP contribution in [-0.4, -0.2) is 15.9 Å². The summed E-state index contributed by atoms with van der Waals surface area (Å²) in [6, 6.07) is 3.06. The molecule has 1 aromatic carbocycles.